The molecule has 11 heteroatoms. The fourth-order valence-corrected chi connectivity index (χ4v) is 3.39. The van der Waals surface area contributed by atoms with Gasteiger partial charge in [0, 0.05) is 37.3 Å². The fraction of sp³-hybridized carbons (Fsp3) is 0.278. The molecule has 2 amide bonds. The van der Waals surface area contributed by atoms with Crippen molar-refractivity contribution in [2.75, 3.05) is 13.1 Å². The highest BCUT2D eigenvalue weighted by atomic mass is 35.5. The Morgan fingerprint density at radius 2 is 2.03 bits per heavy atom. The van der Waals surface area contributed by atoms with Gasteiger partial charge in [-0.05, 0) is 12.1 Å². The number of pyridine rings is 1. The molecule has 0 radical (unpaired) electrons. The summed E-state index contributed by atoms with van der Waals surface area (Å²) in [6, 6.07) is 2.13. The van der Waals surface area contributed by atoms with E-state index in [1.807, 2.05) is 0 Å². The summed E-state index contributed by atoms with van der Waals surface area (Å²) in [5.74, 6) is -0.826. The second kappa shape index (κ2) is 6.80. The van der Waals surface area contributed by atoms with Gasteiger partial charge in [0.25, 0.3) is 5.91 Å². The van der Waals surface area contributed by atoms with Crippen LogP contribution in [0.4, 0.5) is 13.2 Å². The lowest BCUT2D eigenvalue weighted by Gasteiger charge is -2.38. The molecule has 0 atom stereocenters. The van der Waals surface area contributed by atoms with Crippen molar-refractivity contribution in [2.45, 2.75) is 19.1 Å². The van der Waals surface area contributed by atoms with Crippen LogP contribution < -0.4 is 5.32 Å². The zero-order chi connectivity index (χ0) is 20.9. The van der Waals surface area contributed by atoms with Crippen LogP contribution in [0.25, 0.3) is 16.8 Å². The van der Waals surface area contributed by atoms with Gasteiger partial charge in [0.05, 0.1) is 24.1 Å². The number of furan rings is 1. The van der Waals surface area contributed by atoms with Gasteiger partial charge in [-0.3, -0.25) is 14.0 Å². The summed E-state index contributed by atoms with van der Waals surface area (Å²) < 4.78 is 46.8. The Morgan fingerprint density at radius 1 is 1.31 bits per heavy atom. The molecule has 0 aliphatic carbocycles. The first-order valence-corrected chi connectivity index (χ1v) is 8.90. The maximum Gasteiger partial charge on any atom is 0.420 e. The van der Waals surface area contributed by atoms with Crippen molar-refractivity contribution >= 4 is 29.1 Å². The maximum atomic E-state index is 13.6. The van der Waals surface area contributed by atoms with Crippen LogP contribution in [-0.2, 0) is 11.0 Å². The zero-order valence-electron chi connectivity index (χ0n) is 15.0. The van der Waals surface area contributed by atoms with Gasteiger partial charge in [0.15, 0.2) is 11.3 Å². The van der Waals surface area contributed by atoms with Crippen LogP contribution in [0.5, 0.6) is 0 Å². The lowest BCUT2D eigenvalue weighted by molar-refractivity contribution is -0.136. The molecule has 0 unspecified atom stereocenters. The smallest absolute Gasteiger partial charge is 0.420 e. The molecule has 1 saturated heterocycles. The molecule has 1 aliphatic rings. The third-order valence-electron chi connectivity index (χ3n) is 4.70. The normalized spacial score (nSPS) is 14.9. The largest absolute Gasteiger partial charge is 0.472 e. The minimum atomic E-state index is -4.71. The van der Waals surface area contributed by atoms with Crippen molar-refractivity contribution in [3.63, 3.8) is 0 Å². The van der Waals surface area contributed by atoms with E-state index in [9.17, 15) is 22.8 Å². The van der Waals surface area contributed by atoms with E-state index in [1.54, 1.807) is 0 Å². The lowest BCUT2D eigenvalue weighted by atomic mass is 10.1. The number of amides is 2. The summed E-state index contributed by atoms with van der Waals surface area (Å²) >= 11 is 6.22. The third-order valence-corrected chi connectivity index (χ3v) is 5.06. The highest BCUT2D eigenvalue weighted by molar-refractivity contribution is 6.33. The number of halogens is 4. The Kier molecular flexibility index (Phi) is 4.53. The molecule has 3 aromatic heterocycles. The van der Waals surface area contributed by atoms with Gasteiger partial charge in [-0.15, -0.1) is 0 Å². The van der Waals surface area contributed by atoms with Gasteiger partial charge in [0.1, 0.15) is 5.15 Å². The molecule has 29 heavy (non-hydrogen) atoms. The van der Waals surface area contributed by atoms with Gasteiger partial charge in [-0.2, -0.15) is 13.2 Å². The number of fused-ring (bicyclic) bond motifs is 1. The number of imidazole rings is 1. The molecule has 4 rings (SSSR count). The summed E-state index contributed by atoms with van der Waals surface area (Å²) in [7, 11) is 0. The molecule has 1 fully saturated rings. The molecular weight excluding hydrogens is 413 g/mol. The second-order valence-electron chi connectivity index (χ2n) is 6.69. The SMILES string of the molecule is CC(=O)N1CC(NC(=O)c2nc3c(C(F)(F)F)cc(-c4ccoc4)cn3c2Cl)C1. The predicted octanol–water partition coefficient (Wildman–Crippen LogP) is 3.23. The van der Waals surface area contributed by atoms with Crippen LogP contribution in [0, 0.1) is 0 Å². The molecular formula is C18H14ClF3N4O3. The summed E-state index contributed by atoms with van der Waals surface area (Å²) in [6.07, 6.45) is -0.705. The molecule has 3 aromatic rings. The van der Waals surface area contributed by atoms with E-state index in [-0.39, 0.29) is 28.4 Å². The van der Waals surface area contributed by atoms with Crippen molar-refractivity contribution in [3.05, 3.63) is 47.3 Å². The van der Waals surface area contributed by atoms with Crippen molar-refractivity contribution in [1.82, 2.24) is 19.6 Å². The molecule has 1 N–H and O–H groups in total. The van der Waals surface area contributed by atoms with Gasteiger partial charge in [0.2, 0.25) is 5.91 Å². The Bertz CT molecular complexity index is 1100. The first-order valence-electron chi connectivity index (χ1n) is 8.53. The number of carbonyl (C=O) groups excluding carboxylic acids is 2. The Morgan fingerprint density at radius 3 is 2.62 bits per heavy atom. The number of nitrogens with zero attached hydrogens (tertiary/aromatic N) is 3. The van der Waals surface area contributed by atoms with Crippen LogP contribution in [0.1, 0.15) is 23.0 Å². The summed E-state index contributed by atoms with van der Waals surface area (Å²) in [6.45, 7) is 2.06. The van der Waals surface area contributed by atoms with E-state index in [4.69, 9.17) is 16.0 Å². The fourth-order valence-electron chi connectivity index (χ4n) is 3.14. The van der Waals surface area contributed by atoms with E-state index in [0.29, 0.717) is 18.7 Å². The van der Waals surface area contributed by atoms with Crippen molar-refractivity contribution < 1.29 is 27.2 Å². The topological polar surface area (TPSA) is 79.8 Å². The molecule has 1 aliphatic heterocycles. The van der Waals surface area contributed by atoms with Gasteiger partial charge in [-0.1, -0.05) is 11.6 Å². The predicted molar refractivity (Wildman–Crippen MR) is 96.4 cm³/mol. The van der Waals surface area contributed by atoms with Gasteiger partial charge >= 0.3 is 6.18 Å². The first kappa shape index (κ1) is 19.3. The van der Waals surface area contributed by atoms with E-state index in [0.717, 1.165) is 10.5 Å². The van der Waals surface area contributed by atoms with Crippen molar-refractivity contribution in [1.29, 1.82) is 0 Å². The number of carbonyl (C=O) groups is 2. The quantitative estimate of drug-likeness (QED) is 0.697. The number of aromatic nitrogens is 2. The summed E-state index contributed by atoms with van der Waals surface area (Å²) in [4.78, 5) is 29.1. The zero-order valence-corrected chi connectivity index (χ0v) is 15.7. The van der Waals surface area contributed by atoms with E-state index >= 15 is 0 Å². The molecule has 7 nitrogen and oxygen atoms in total. The van der Waals surface area contributed by atoms with Gasteiger partial charge < -0.3 is 14.6 Å². The number of rotatable bonds is 3. The maximum absolute atomic E-state index is 13.6. The molecule has 152 valence electrons. The van der Waals surface area contributed by atoms with E-state index < -0.39 is 23.3 Å². The van der Waals surface area contributed by atoms with Crippen molar-refractivity contribution in [3.8, 4) is 11.1 Å². The van der Waals surface area contributed by atoms with Crippen LogP contribution in [0.3, 0.4) is 0 Å². The van der Waals surface area contributed by atoms with Gasteiger partial charge in [-0.25, -0.2) is 4.98 Å². The van der Waals surface area contributed by atoms with E-state index in [2.05, 4.69) is 10.3 Å². The first-order chi connectivity index (χ1) is 13.6. The van der Waals surface area contributed by atoms with Crippen LogP contribution in [0.2, 0.25) is 5.15 Å². The standard InChI is InChI=1S/C18H14ClF3N4O3/c1-9(27)25-6-12(7-25)23-17(28)14-15(19)26-5-11(10-2-3-29-8-10)4-13(16(26)24-14)18(20,21)22/h2-5,8,12H,6-7H2,1H3,(H,23,28). The molecule has 0 bridgehead atoms. The molecule has 0 saturated carbocycles. The number of alkyl halides is 3. The lowest BCUT2D eigenvalue weighted by Crippen LogP contribution is -2.60. The summed E-state index contributed by atoms with van der Waals surface area (Å²) in [5.41, 5.74) is -1.18. The molecule has 0 aromatic carbocycles. The monoisotopic (exact) mass is 426 g/mol. The Labute approximate surface area is 167 Å². The van der Waals surface area contributed by atoms with E-state index in [1.165, 1.54) is 36.6 Å². The van der Waals surface area contributed by atoms with Crippen LogP contribution in [-0.4, -0.2) is 45.2 Å². The number of likely N-dealkylation sites (tertiary alicyclic amines) is 1. The highest BCUT2D eigenvalue weighted by Gasteiger charge is 2.37. The highest BCUT2D eigenvalue weighted by Crippen LogP contribution is 2.37. The molecule has 0 spiro atoms. The number of hydrogen-bond donors (Lipinski definition) is 1. The number of hydrogen-bond acceptors (Lipinski definition) is 4. The molecule has 4 heterocycles. The van der Waals surface area contributed by atoms with Crippen LogP contribution in [0.15, 0.2) is 35.3 Å². The average molecular weight is 427 g/mol. The Hall–Kier alpha value is -3.01. The van der Waals surface area contributed by atoms with Crippen LogP contribution >= 0.6 is 11.6 Å². The van der Waals surface area contributed by atoms with Crippen molar-refractivity contribution in [2.24, 2.45) is 0 Å². The summed E-state index contributed by atoms with van der Waals surface area (Å²) in [5, 5.41) is 2.39. The third kappa shape index (κ3) is 3.44. The Balaban J connectivity index is 1.72. The second-order valence-corrected chi connectivity index (χ2v) is 7.05. The minimum Gasteiger partial charge on any atom is -0.472 e. The minimum absolute atomic E-state index is 0.122. The average Bonchev–Trinajstić information content (AvgIpc) is 3.24. The number of nitrogens with one attached hydrogen (secondary N) is 1.